The second-order valence-corrected chi connectivity index (χ2v) is 7.32. The number of hydrogen-bond donors (Lipinski definition) is 2. The minimum absolute atomic E-state index is 0.00504. The predicted octanol–water partition coefficient (Wildman–Crippen LogP) is 1.67. The molecule has 3 rings (SSSR count). The summed E-state index contributed by atoms with van der Waals surface area (Å²) in [6.07, 6.45) is 5.64. The van der Waals surface area contributed by atoms with Gasteiger partial charge in [-0.2, -0.15) is 5.10 Å². The molecule has 1 fully saturated rings. The fraction of sp³-hybridized carbons (Fsp3) is 0.450. The fourth-order valence-electron chi connectivity index (χ4n) is 3.28. The summed E-state index contributed by atoms with van der Waals surface area (Å²) >= 11 is 0. The van der Waals surface area contributed by atoms with Crippen LogP contribution >= 0.6 is 0 Å². The number of likely N-dealkylation sites (tertiary alicyclic amines) is 1. The third kappa shape index (κ3) is 4.74. The lowest BCUT2D eigenvalue weighted by molar-refractivity contribution is -0.121. The number of aromatic nitrogens is 2. The van der Waals surface area contributed by atoms with Gasteiger partial charge in [-0.1, -0.05) is 12.1 Å². The Morgan fingerprint density at radius 1 is 1.19 bits per heavy atom. The van der Waals surface area contributed by atoms with Crippen molar-refractivity contribution in [2.45, 2.75) is 38.3 Å². The predicted molar refractivity (Wildman–Crippen MR) is 102 cm³/mol. The molecule has 7 heteroatoms. The van der Waals surface area contributed by atoms with Crippen LogP contribution in [0.2, 0.25) is 0 Å². The molecule has 0 radical (unpaired) electrons. The highest BCUT2D eigenvalue weighted by Gasteiger charge is 2.27. The minimum atomic E-state index is -0.687. The van der Waals surface area contributed by atoms with Gasteiger partial charge >= 0.3 is 0 Å². The largest absolute Gasteiger partial charge is 0.390 e. The van der Waals surface area contributed by atoms with E-state index in [0.29, 0.717) is 25.1 Å². The molecule has 2 aromatic rings. The first-order valence-corrected chi connectivity index (χ1v) is 9.23. The number of benzene rings is 1. The lowest BCUT2D eigenvalue weighted by Crippen LogP contribution is -2.33. The molecule has 0 spiro atoms. The summed E-state index contributed by atoms with van der Waals surface area (Å²) in [6.45, 7) is 3.24. The Hall–Kier alpha value is -2.67. The molecule has 1 aliphatic rings. The van der Waals surface area contributed by atoms with Crippen molar-refractivity contribution in [1.29, 1.82) is 0 Å². The Bertz CT molecular complexity index is 811. The van der Waals surface area contributed by atoms with Crippen molar-refractivity contribution in [1.82, 2.24) is 20.0 Å². The first kappa shape index (κ1) is 19.1. The van der Waals surface area contributed by atoms with Gasteiger partial charge in [0, 0.05) is 37.5 Å². The Kier molecular flexibility index (Phi) is 5.60. The van der Waals surface area contributed by atoms with Crippen LogP contribution in [-0.2, 0) is 11.3 Å². The van der Waals surface area contributed by atoms with Crippen LogP contribution in [0.4, 0.5) is 0 Å². The second-order valence-electron chi connectivity index (χ2n) is 7.32. The molecular formula is C20H26N4O3. The first-order valence-electron chi connectivity index (χ1n) is 9.23. The van der Waals surface area contributed by atoms with E-state index in [1.807, 2.05) is 42.3 Å². The lowest BCUT2D eigenvalue weighted by Gasteiger charge is -2.22. The molecule has 1 unspecified atom stereocenters. The molecule has 2 N–H and O–H groups in total. The number of likely N-dealkylation sites (N-methyl/N-ethyl adjacent to an activating group) is 1. The van der Waals surface area contributed by atoms with E-state index < -0.39 is 5.60 Å². The van der Waals surface area contributed by atoms with Crippen LogP contribution < -0.4 is 5.32 Å². The number of hydrogen-bond acceptors (Lipinski definition) is 4. The van der Waals surface area contributed by atoms with Crippen LogP contribution in [0.25, 0.3) is 11.1 Å². The first-order chi connectivity index (χ1) is 12.9. The fourth-order valence-corrected chi connectivity index (χ4v) is 3.28. The van der Waals surface area contributed by atoms with E-state index in [1.165, 1.54) is 0 Å². The van der Waals surface area contributed by atoms with Gasteiger partial charge in [0.2, 0.25) is 5.91 Å². The van der Waals surface area contributed by atoms with Crippen LogP contribution in [0.15, 0.2) is 36.7 Å². The summed E-state index contributed by atoms with van der Waals surface area (Å²) in [4.78, 5) is 26.0. The smallest absolute Gasteiger partial charge is 0.253 e. The van der Waals surface area contributed by atoms with Crippen molar-refractivity contribution >= 4 is 11.8 Å². The van der Waals surface area contributed by atoms with Gasteiger partial charge in [-0.3, -0.25) is 14.3 Å². The zero-order valence-corrected chi connectivity index (χ0v) is 15.8. The van der Waals surface area contributed by atoms with Crippen molar-refractivity contribution in [3.8, 4) is 11.1 Å². The molecule has 1 atom stereocenters. The van der Waals surface area contributed by atoms with Crippen molar-refractivity contribution in [3.05, 3.63) is 42.2 Å². The molecule has 7 nitrogen and oxygen atoms in total. The molecule has 0 saturated carbocycles. The molecule has 1 aromatic heterocycles. The molecular weight excluding hydrogens is 344 g/mol. The molecule has 1 aromatic carbocycles. The minimum Gasteiger partial charge on any atom is -0.390 e. The standard InChI is InChI=1S/C20H26N4O3/c1-20(27)8-3-10-23(11-9-20)19(26)16-6-4-15(5-7-16)17-12-22-24(13-17)14-18(25)21-2/h4-7,12-13,27H,3,8-11,14H2,1-2H3,(H,21,25). The molecule has 2 heterocycles. The number of nitrogens with zero attached hydrogens (tertiary/aromatic N) is 3. The Labute approximate surface area is 159 Å². The summed E-state index contributed by atoms with van der Waals surface area (Å²) in [5.74, 6) is -0.114. The lowest BCUT2D eigenvalue weighted by atomic mass is 9.98. The molecule has 1 aliphatic heterocycles. The van der Waals surface area contributed by atoms with Crippen LogP contribution in [0.5, 0.6) is 0 Å². The van der Waals surface area contributed by atoms with Gasteiger partial charge in [-0.15, -0.1) is 0 Å². The van der Waals surface area contributed by atoms with Crippen LogP contribution in [0.1, 0.15) is 36.5 Å². The number of carbonyl (C=O) groups excluding carboxylic acids is 2. The van der Waals surface area contributed by atoms with E-state index >= 15 is 0 Å². The van der Waals surface area contributed by atoms with Crippen molar-refractivity contribution in [2.24, 2.45) is 0 Å². The zero-order valence-electron chi connectivity index (χ0n) is 15.8. The van der Waals surface area contributed by atoms with Gasteiger partial charge in [0.15, 0.2) is 0 Å². The van der Waals surface area contributed by atoms with E-state index in [1.54, 1.807) is 17.9 Å². The summed E-state index contributed by atoms with van der Waals surface area (Å²) < 4.78 is 1.58. The maximum Gasteiger partial charge on any atom is 0.253 e. The second kappa shape index (κ2) is 7.92. The van der Waals surface area contributed by atoms with Gasteiger partial charge in [0.25, 0.3) is 5.91 Å². The number of rotatable bonds is 4. The molecule has 0 bridgehead atoms. The Morgan fingerprint density at radius 2 is 1.93 bits per heavy atom. The summed E-state index contributed by atoms with van der Waals surface area (Å²) in [6, 6.07) is 7.42. The number of aliphatic hydroxyl groups is 1. The maximum atomic E-state index is 12.8. The van der Waals surface area contributed by atoms with Crippen molar-refractivity contribution in [3.63, 3.8) is 0 Å². The average molecular weight is 370 g/mol. The molecule has 0 aliphatic carbocycles. The summed E-state index contributed by atoms with van der Waals surface area (Å²) in [5, 5.41) is 16.9. The van der Waals surface area contributed by atoms with E-state index in [0.717, 1.165) is 24.0 Å². The SMILES string of the molecule is CNC(=O)Cn1cc(-c2ccc(C(=O)N3CCCC(C)(O)CC3)cc2)cn1. The quantitative estimate of drug-likeness (QED) is 0.857. The molecule has 1 saturated heterocycles. The van der Waals surface area contributed by atoms with E-state index in [2.05, 4.69) is 10.4 Å². The van der Waals surface area contributed by atoms with Crippen LogP contribution in [0.3, 0.4) is 0 Å². The van der Waals surface area contributed by atoms with Gasteiger partial charge in [-0.05, 0) is 43.9 Å². The average Bonchev–Trinajstić information content (AvgIpc) is 3.04. The third-order valence-corrected chi connectivity index (χ3v) is 5.03. The van der Waals surface area contributed by atoms with E-state index in [9.17, 15) is 14.7 Å². The normalized spacial score (nSPS) is 20.2. The topological polar surface area (TPSA) is 87.5 Å². The highest BCUT2D eigenvalue weighted by atomic mass is 16.3. The highest BCUT2D eigenvalue weighted by Crippen LogP contribution is 2.24. The van der Waals surface area contributed by atoms with Gasteiger partial charge in [0.1, 0.15) is 6.54 Å². The highest BCUT2D eigenvalue weighted by molar-refractivity contribution is 5.94. The molecule has 2 amide bonds. The van der Waals surface area contributed by atoms with Gasteiger partial charge in [0.05, 0.1) is 11.8 Å². The van der Waals surface area contributed by atoms with Crippen molar-refractivity contribution in [2.75, 3.05) is 20.1 Å². The monoisotopic (exact) mass is 370 g/mol. The summed E-state index contributed by atoms with van der Waals surface area (Å²) in [7, 11) is 1.59. The zero-order chi connectivity index (χ0) is 19.4. The Morgan fingerprint density at radius 3 is 2.63 bits per heavy atom. The molecule has 27 heavy (non-hydrogen) atoms. The van der Waals surface area contributed by atoms with E-state index in [-0.39, 0.29) is 18.4 Å². The maximum absolute atomic E-state index is 12.8. The number of nitrogens with one attached hydrogen (secondary N) is 1. The Balaban J connectivity index is 1.68. The van der Waals surface area contributed by atoms with Crippen molar-refractivity contribution < 1.29 is 14.7 Å². The summed E-state index contributed by atoms with van der Waals surface area (Å²) in [5.41, 5.74) is 1.78. The van der Waals surface area contributed by atoms with Crippen LogP contribution in [0, 0.1) is 0 Å². The van der Waals surface area contributed by atoms with E-state index in [4.69, 9.17) is 0 Å². The molecule has 144 valence electrons. The number of carbonyl (C=O) groups is 2. The van der Waals surface area contributed by atoms with Crippen LogP contribution in [-0.4, -0.2) is 57.3 Å². The van der Waals surface area contributed by atoms with Gasteiger partial charge in [-0.25, -0.2) is 0 Å². The number of amides is 2. The third-order valence-electron chi connectivity index (χ3n) is 5.03. The van der Waals surface area contributed by atoms with Gasteiger partial charge < -0.3 is 15.3 Å².